The first-order valence-electron chi connectivity index (χ1n) is 5.14. The molecule has 0 spiro atoms. The van der Waals surface area contributed by atoms with Crippen molar-refractivity contribution in [2.45, 2.75) is 25.9 Å². The number of urea groups is 1. The van der Waals surface area contributed by atoms with Gasteiger partial charge in [-0.2, -0.15) is 5.10 Å². The van der Waals surface area contributed by atoms with Crippen molar-refractivity contribution in [3.63, 3.8) is 0 Å². The molecule has 2 amide bonds. The molecule has 1 rings (SSSR count). The van der Waals surface area contributed by atoms with Crippen LogP contribution in [0.25, 0.3) is 0 Å². The Labute approximate surface area is 98.0 Å². The standard InChI is InChI=1S/C9H15N5O3/c1-3-6(8(15)16)12-9(17)10-4-7-11-5-14(2)13-7/h5-6H,3-4H2,1-2H3,(H,15,16)(H2,10,12,17)/t6-/m0/s1. The van der Waals surface area contributed by atoms with Gasteiger partial charge in [0.15, 0.2) is 5.82 Å². The number of carbonyl (C=O) groups excluding carboxylic acids is 1. The van der Waals surface area contributed by atoms with E-state index in [1.807, 2.05) is 0 Å². The van der Waals surface area contributed by atoms with Crippen LogP contribution in [0.4, 0.5) is 4.79 Å². The maximum atomic E-state index is 11.3. The van der Waals surface area contributed by atoms with Crippen molar-refractivity contribution in [2.75, 3.05) is 0 Å². The van der Waals surface area contributed by atoms with Crippen molar-refractivity contribution in [2.24, 2.45) is 7.05 Å². The van der Waals surface area contributed by atoms with Crippen LogP contribution in [0, 0.1) is 0 Å². The van der Waals surface area contributed by atoms with Crippen LogP contribution in [0.3, 0.4) is 0 Å². The van der Waals surface area contributed by atoms with Gasteiger partial charge in [0.25, 0.3) is 0 Å². The molecule has 1 aromatic heterocycles. The number of amides is 2. The highest BCUT2D eigenvalue weighted by molar-refractivity contribution is 5.82. The summed E-state index contributed by atoms with van der Waals surface area (Å²) in [5.74, 6) is -0.593. The van der Waals surface area contributed by atoms with Gasteiger partial charge in [-0.15, -0.1) is 0 Å². The number of nitrogens with one attached hydrogen (secondary N) is 2. The van der Waals surface area contributed by atoms with E-state index in [1.54, 1.807) is 14.0 Å². The number of rotatable bonds is 5. The zero-order valence-electron chi connectivity index (χ0n) is 9.67. The molecule has 0 aliphatic heterocycles. The molecule has 8 heteroatoms. The molecule has 3 N–H and O–H groups in total. The van der Waals surface area contributed by atoms with Gasteiger partial charge >= 0.3 is 12.0 Å². The van der Waals surface area contributed by atoms with E-state index >= 15 is 0 Å². The molecule has 1 atom stereocenters. The van der Waals surface area contributed by atoms with Crippen molar-refractivity contribution in [1.82, 2.24) is 25.4 Å². The minimum absolute atomic E-state index is 0.155. The third-order valence-corrected chi connectivity index (χ3v) is 2.07. The Hall–Kier alpha value is -2.12. The van der Waals surface area contributed by atoms with Gasteiger partial charge in [0, 0.05) is 7.05 Å². The van der Waals surface area contributed by atoms with Crippen molar-refractivity contribution in [3.05, 3.63) is 12.2 Å². The molecule has 1 aromatic rings. The van der Waals surface area contributed by atoms with Crippen LogP contribution < -0.4 is 10.6 Å². The van der Waals surface area contributed by atoms with Crippen LogP contribution >= 0.6 is 0 Å². The molecule has 0 saturated heterocycles. The maximum absolute atomic E-state index is 11.3. The van der Waals surface area contributed by atoms with Crippen LogP contribution in [-0.4, -0.2) is 37.9 Å². The number of carboxylic acids is 1. The van der Waals surface area contributed by atoms with E-state index in [2.05, 4.69) is 20.7 Å². The molecule has 0 aliphatic rings. The van der Waals surface area contributed by atoms with Gasteiger partial charge in [-0.05, 0) is 6.42 Å². The van der Waals surface area contributed by atoms with E-state index in [4.69, 9.17) is 5.11 Å². The van der Waals surface area contributed by atoms with E-state index in [0.717, 1.165) is 0 Å². The fourth-order valence-electron chi connectivity index (χ4n) is 1.17. The van der Waals surface area contributed by atoms with Crippen LogP contribution in [-0.2, 0) is 18.4 Å². The predicted octanol–water partition coefficient (Wildman–Crippen LogP) is -0.522. The SMILES string of the molecule is CC[C@H](NC(=O)NCc1ncn(C)n1)C(=O)O. The molecule has 0 unspecified atom stereocenters. The monoisotopic (exact) mass is 241 g/mol. The topological polar surface area (TPSA) is 109 Å². The van der Waals surface area contributed by atoms with Crippen LogP contribution in [0.1, 0.15) is 19.2 Å². The summed E-state index contributed by atoms with van der Waals surface area (Å²) in [5.41, 5.74) is 0. The average Bonchev–Trinajstić information content (AvgIpc) is 2.68. The largest absolute Gasteiger partial charge is 0.480 e. The van der Waals surface area contributed by atoms with Gasteiger partial charge < -0.3 is 15.7 Å². The van der Waals surface area contributed by atoms with Crippen LogP contribution in [0.5, 0.6) is 0 Å². The van der Waals surface area contributed by atoms with Crippen molar-refractivity contribution >= 4 is 12.0 Å². The zero-order valence-corrected chi connectivity index (χ0v) is 9.67. The summed E-state index contributed by atoms with van der Waals surface area (Å²) in [5, 5.41) is 17.5. The van der Waals surface area contributed by atoms with Crippen molar-refractivity contribution < 1.29 is 14.7 Å². The summed E-state index contributed by atoms with van der Waals surface area (Å²) in [6, 6.07) is -1.43. The smallest absolute Gasteiger partial charge is 0.326 e. The second-order valence-corrected chi connectivity index (χ2v) is 3.46. The number of nitrogens with zero attached hydrogens (tertiary/aromatic N) is 3. The van der Waals surface area contributed by atoms with Gasteiger partial charge in [-0.3, -0.25) is 4.68 Å². The second-order valence-electron chi connectivity index (χ2n) is 3.46. The molecule has 0 radical (unpaired) electrons. The Morgan fingerprint density at radius 2 is 2.29 bits per heavy atom. The van der Waals surface area contributed by atoms with E-state index in [9.17, 15) is 9.59 Å². The average molecular weight is 241 g/mol. The second kappa shape index (κ2) is 5.83. The van der Waals surface area contributed by atoms with Gasteiger partial charge in [0.2, 0.25) is 0 Å². The zero-order chi connectivity index (χ0) is 12.8. The number of aliphatic carboxylic acids is 1. The van der Waals surface area contributed by atoms with Crippen molar-refractivity contribution in [3.8, 4) is 0 Å². The predicted molar refractivity (Wildman–Crippen MR) is 58.1 cm³/mol. The molecule has 0 aliphatic carbocycles. The van der Waals surface area contributed by atoms with E-state index in [-0.39, 0.29) is 6.54 Å². The molecule has 1 heterocycles. The first-order chi connectivity index (χ1) is 8.02. The molecule has 0 fully saturated rings. The van der Waals surface area contributed by atoms with Gasteiger partial charge in [0.05, 0.1) is 6.54 Å². The van der Waals surface area contributed by atoms with Crippen molar-refractivity contribution in [1.29, 1.82) is 0 Å². The van der Waals surface area contributed by atoms with E-state index in [1.165, 1.54) is 11.0 Å². The Morgan fingerprint density at radius 3 is 2.76 bits per heavy atom. The number of carbonyl (C=O) groups is 2. The Balaban J connectivity index is 2.37. The number of hydrogen-bond donors (Lipinski definition) is 3. The fraction of sp³-hybridized carbons (Fsp3) is 0.556. The highest BCUT2D eigenvalue weighted by Gasteiger charge is 2.17. The molecular formula is C9H15N5O3. The molecule has 94 valence electrons. The van der Waals surface area contributed by atoms with Gasteiger partial charge in [0.1, 0.15) is 12.4 Å². The number of aryl methyl sites for hydroxylation is 1. The molecule has 17 heavy (non-hydrogen) atoms. The summed E-state index contributed by atoms with van der Waals surface area (Å²) in [6.07, 6.45) is 1.84. The lowest BCUT2D eigenvalue weighted by molar-refractivity contribution is -0.139. The molecule has 8 nitrogen and oxygen atoms in total. The third kappa shape index (κ3) is 4.09. The summed E-state index contributed by atoms with van der Waals surface area (Å²) in [7, 11) is 1.72. The minimum Gasteiger partial charge on any atom is -0.480 e. The van der Waals surface area contributed by atoms with Crippen LogP contribution in [0.2, 0.25) is 0 Å². The maximum Gasteiger partial charge on any atom is 0.326 e. The number of hydrogen-bond acceptors (Lipinski definition) is 4. The molecular weight excluding hydrogens is 226 g/mol. The number of aromatic nitrogens is 3. The lowest BCUT2D eigenvalue weighted by Crippen LogP contribution is -2.45. The summed E-state index contributed by atoms with van der Waals surface area (Å²) < 4.78 is 1.51. The first kappa shape index (κ1) is 12.9. The van der Waals surface area contributed by atoms with E-state index in [0.29, 0.717) is 12.2 Å². The Kier molecular flexibility index (Phi) is 4.44. The number of carboxylic acid groups (broad SMARTS) is 1. The Morgan fingerprint density at radius 1 is 1.59 bits per heavy atom. The lowest BCUT2D eigenvalue weighted by Gasteiger charge is -2.12. The summed E-state index contributed by atoms with van der Waals surface area (Å²) in [4.78, 5) is 25.9. The third-order valence-electron chi connectivity index (χ3n) is 2.07. The molecule has 0 saturated carbocycles. The quantitative estimate of drug-likeness (QED) is 0.642. The van der Waals surface area contributed by atoms with Gasteiger partial charge in [-0.25, -0.2) is 14.6 Å². The summed E-state index contributed by atoms with van der Waals surface area (Å²) >= 11 is 0. The molecule has 0 aromatic carbocycles. The van der Waals surface area contributed by atoms with Crippen LogP contribution in [0.15, 0.2) is 6.33 Å². The minimum atomic E-state index is -1.06. The normalized spacial score (nSPS) is 11.9. The highest BCUT2D eigenvalue weighted by atomic mass is 16.4. The van der Waals surface area contributed by atoms with E-state index < -0.39 is 18.0 Å². The van der Waals surface area contributed by atoms with Gasteiger partial charge in [-0.1, -0.05) is 6.92 Å². The molecule has 0 bridgehead atoms. The first-order valence-corrected chi connectivity index (χ1v) is 5.14. The Bertz CT molecular complexity index is 403. The highest BCUT2D eigenvalue weighted by Crippen LogP contribution is 1.91. The lowest BCUT2D eigenvalue weighted by atomic mass is 10.2. The summed E-state index contributed by atoms with van der Waals surface area (Å²) in [6.45, 7) is 1.84. The fourth-order valence-corrected chi connectivity index (χ4v) is 1.17.